The van der Waals surface area contributed by atoms with Crippen LogP contribution in [0.1, 0.15) is 58.8 Å². The maximum atomic E-state index is 11.4. The van der Waals surface area contributed by atoms with Crippen molar-refractivity contribution in [3.8, 4) is 0 Å². The molecule has 0 bridgehead atoms. The van der Waals surface area contributed by atoms with Crippen LogP contribution in [0, 0.1) is 5.92 Å². The Balaban J connectivity index is 1.74. The fourth-order valence-electron chi connectivity index (χ4n) is 3.70. The topological polar surface area (TPSA) is 47.9 Å². The molecule has 2 aliphatic rings. The van der Waals surface area contributed by atoms with Crippen molar-refractivity contribution in [1.82, 2.24) is 15.1 Å². The summed E-state index contributed by atoms with van der Waals surface area (Å²) in [6.07, 6.45) is 9.68. The van der Waals surface area contributed by atoms with E-state index in [-0.39, 0.29) is 5.91 Å². The molecule has 0 aromatic rings. The van der Waals surface area contributed by atoms with Gasteiger partial charge in [0.15, 0.2) is 5.96 Å². The SMILES string of the molecule is CCNC(=NCCCC1CCCCC1)N1CCN(C(C)=O)CC1. The summed E-state index contributed by atoms with van der Waals surface area (Å²) in [5.74, 6) is 2.15. The zero-order valence-corrected chi connectivity index (χ0v) is 15.0. The highest BCUT2D eigenvalue weighted by Gasteiger charge is 2.20. The van der Waals surface area contributed by atoms with Gasteiger partial charge in [-0.25, -0.2) is 0 Å². The predicted octanol–water partition coefficient (Wildman–Crippen LogP) is 2.48. The highest BCUT2D eigenvalue weighted by atomic mass is 16.2. The smallest absolute Gasteiger partial charge is 0.219 e. The number of carbonyl (C=O) groups excluding carboxylic acids is 1. The summed E-state index contributed by atoms with van der Waals surface area (Å²) in [6, 6.07) is 0. The molecule has 0 unspecified atom stereocenters. The maximum absolute atomic E-state index is 11.4. The minimum Gasteiger partial charge on any atom is -0.357 e. The van der Waals surface area contributed by atoms with Crippen molar-refractivity contribution in [2.45, 2.75) is 58.8 Å². The first-order valence-corrected chi connectivity index (χ1v) is 9.49. The third kappa shape index (κ3) is 6.04. The molecule has 0 spiro atoms. The third-order valence-electron chi connectivity index (χ3n) is 5.12. The Morgan fingerprint density at radius 1 is 1.09 bits per heavy atom. The highest BCUT2D eigenvalue weighted by molar-refractivity contribution is 5.80. The Hall–Kier alpha value is -1.26. The Labute approximate surface area is 141 Å². The fourth-order valence-corrected chi connectivity index (χ4v) is 3.70. The number of amides is 1. The lowest BCUT2D eigenvalue weighted by atomic mass is 9.86. The van der Waals surface area contributed by atoms with Crippen molar-refractivity contribution in [1.29, 1.82) is 0 Å². The van der Waals surface area contributed by atoms with Gasteiger partial charge >= 0.3 is 0 Å². The normalized spacial score (nSPS) is 20.7. The van der Waals surface area contributed by atoms with E-state index >= 15 is 0 Å². The van der Waals surface area contributed by atoms with Crippen LogP contribution in [0.3, 0.4) is 0 Å². The summed E-state index contributed by atoms with van der Waals surface area (Å²) in [5, 5.41) is 3.41. The third-order valence-corrected chi connectivity index (χ3v) is 5.12. The van der Waals surface area contributed by atoms with E-state index in [1.54, 1.807) is 6.92 Å². The Bertz CT molecular complexity index is 382. The second-order valence-corrected chi connectivity index (χ2v) is 6.88. The van der Waals surface area contributed by atoms with Gasteiger partial charge in [0.05, 0.1) is 0 Å². The molecule has 1 saturated heterocycles. The number of nitrogens with zero attached hydrogens (tertiary/aromatic N) is 3. The van der Waals surface area contributed by atoms with Gasteiger partial charge in [-0.3, -0.25) is 9.79 Å². The molecule has 0 aromatic carbocycles. The van der Waals surface area contributed by atoms with Crippen LogP contribution in [0.4, 0.5) is 0 Å². The molecule has 1 saturated carbocycles. The number of rotatable bonds is 5. The van der Waals surface area contributed by atoms with Gasteiger partial charge in [-0.2, -0.15) is 0 Å². The largest absolute Gasteiger partial charge is 0.357 e. The van der Waals surface area contributed by atoms with Crippen molar-refractivity contribution in [3.05, 3.63) is 0 Å². The van der Waals surface area contributed by atoms with Crippen LogP contribution < -0.4 is 5.32 Å². The van der Waals surface area contributed by atoms with E-state index < -0.39 is 0 Å². The molecule has 23 heavy (non-hydrogen) atoms. The van der Waals surface area contributed by atoms with Crippen molar-refractivity contribution in [3.63, 3.8) is 0 Å². The van der Waals surface area contributed by atoms with Gasteiger partial charge in [-0.05, 0) is 25.7 Å². The lowest BCUT2D eigenvalue weighted by Crippen LogP contribution is -2.53. The zero-order chi connectivity index (χ0) is 16.5. The van der Waals surface area contributed by atoms with E-state index in [0.717, 1.165) is 51.1 Å². The first-order chi connectivity index (χ1) is 11.2. The molecule has 1 amide bonds. The summed E-state index contributed by atoms with van der Waals surface area (Å²) < 4.78 is 0. The summed E-state index contributed by atoms with van der Waals surface area (Å²) >= 11 is 0. The number of carbonyl (C=O) groups is 1. The van der Waals surface area contributed by atoms with Gasteiger partial charge in [-0.1, -0.05) is 32.1 Å². The summed E-state index contributed by atoms with van der Waals surface area (Å²) in [4.78, 5) is 20.5. The van der Waals surface area contributed by atoms with E-state index in [2.05, 4.69) is 17.1 Å². The molecular weight excluding hydrogens is 288 g/mol. The molecule has 5 nitrogen and oxygen atoms in total. The molecule has 1 N–H and O–H groups in total. The molecule has 0 aromatic heterocycles. The number of guanidine groups is 1. The predicted molar refractivity (Wildman–Crippen MR) is 95.6 cm³/mol. The number of nitrogens with one attached hydrogen (secondary N) is 1. The fraction of sp³-hybridized carbons (Fsp3) is 0.889. The second-order valence-electron chi connectivity index (χ2n) is 6.88. The van der Waals surface area contributed by atoms with Gasteiger partial charge in [0.2, 0.25) is 5.91 Å². The molecule has 0 radical (unpaired) electrons. The average molecular weight is 322 g/mol. The van der Waals surface area contributed by atoms with E-state index in [1.807, 2.05) is 4.90 Å². The van der Waals surface area contributed by atoms with E-state index in [1.165, 1.54) is 44.9 Å². The number of hydrogen-bond donors (Lipinski definition) is 1. The van der Waals surface area contributed by atoms with Crippen molar-refractivity contribution in [2.24, 2.45) is 10.9 Å². The van der Waals surface area contributed by atoms with Gasteiger partial charge in [0, 0.05) is 46.2 Å². The van der Waals surface area contributed by atoms with E-state index in [0.29, 0.717) is 0 Å². The van der Waals surface area contributed by atoms with Crippen LogP contribution in [0.15, 0.2) is 4.99 Å². The van der Waals surface area contributed by atoms with Gasteiger partial charge in [-0.15, -0.1) is 0 Å². The van der Waals surface area contributed by atoms with E-state index in [9.17, 15) is 4.79 Å². The lowest BCUT2D eigenvalue weighted by molar-refractivity contribution is -0.130. The minimum absolute atomic E-state index is 0.180. The summed E-state index contributed by atoms with van der Waals surface area (Å²) in [6.45, 7) is 8.97. The monoisotopic (exact) mass is 322 g/mol. The molecule has 0 atom stereocenters. The van der Waals surface area contributed by atoms with Crippen molar-refractivity contribution < 1.29 is 4.79 Å². The van der Waals surface area contributed by atoms with Crippen LogP contribution in [-0.2, 0) is 4.79 Å². The van der Waals surface area contributed by atoms with Crippen molar-refractivity contribution in [2.75, 3.05) is 39.3 Å². The van der Waals surface area contributed by atoms with Crippen LogP contribution >= 0.6 is 0 Å². The Morgan fingerprint density at radius 3 is 2.35 bits per heavy atom. The Kier molecular flexibility index (Phi) is 7.69. The molecule has 132 valence electrons. The molecule has 2 rings (SSSR count). The summed E-state index contributed by atoms with van der Waals surface area (Å²) in [7, 11) is 0. The van der Waals surface area contributed by atoms with Crippen LogP contribution in [0.2, 0.25) is 0 Å². The van der Waals surface area contributed by atoms with Gasteiger partial charge < -0.3 is 15.1 Å². The minimum atomic E-state index is 0.180. The second kappa shape index (κ2) is 9.78. The first-order valence-electron chi connectivity index (χ1n) is 9.49. The van der Waals surface area contributed by atoms with Gasteiger partial charge in [0.1, 0.15) is 0 Å². The zero-order valence-electron chi connectivity index (χ0n) is 15.0. The molecule has 1 aliphatic heterocycles. The molecule has 1 aliphatic carbocycles. The Morgan fingerprint density at radius 2 is 1.74 bits per heavy atom. The first kappa shape index (κ1) is 18.1. The highest BCUT2D eigenvalue weighted by Crippen LogP contribution is 2.27. The average Bonchev–Trinajstić information content (AvgIpc) is 2.58. The quantitative estimate of drug-likeness (QED) is 0.480. The standard InChI is InChI=1S/C18H34N4O/c1-3-19-18(22-14-12-21(13-15-22)16(2)23)20-11-7-10-17-8-5-4-6-9-17/h17H,3-15H2,1-2H3,(H,19,20). The lowest BCUT2D eigenvalue weighted by Gasteiger charge is -2.36. The molecule has 5 heteroatoms. The van der Waals surface area contributed by atoms with Crippen LogP contribution in [-0.4, -0.2) is 60.9 Å². The van der Waals surface area contributed by atoms with Crippen LogP contribution in [0.25, 0.3) is 0 Å². The molecular formula is C18H34N4O. The maximum Gasteiger partial charge on any atom is 0.219 e. The molecule has 2 fully saturated rings. The number of hydrogen-bond acceptors (Lipinski definition) is 2. The van der Waals surface area contributed by atoms with E-state index in [4.69, 9.17) is 4.99 Å². The molecule has 1 heterocycles. The van der Waals surface area contributed by atoms with Crippen LogP contribution in [0.5, 0.6) is 0 Å². The van der Waals surface area contributed by atoms with Crippen molar-refractivity contribution >= 4 is 11.9 Å². The van der Waals surface area contributed by atoms with Gasteiger partial charge in [0.25, 0.3) is 0 Å². The summed E-state index contributed by atoms with van der Waals surface area (Å²) in [5.41, 5.74) is 0. The number of piperazine rings is 1. The number of aliphatic imine (C=N–C) groups is 1.